The van der Waals surface area contributed by atoms with Crippen LogP contribution in [0.1, 0.15) is 49.9 Å². The summed E-state index contributed by atoms with van der Waals surface area (Å²) in [5.41, 5.74) is 0.774. The van der Waals surface area contributed by atoms with E-state index >= 15 is 0 Å². The van der Waals surface area contributed by atoms with Crippen molar-refractivity contribution in [2.75, 3.05) is 26.1 Å². The Hall–Kier alpha value is -2.96. The van der Waals surface area contributed by atoms with Crippen LogP contribution in [0.15, 0.2) is 30.6 Å². The SMILES string of the molecule is COc1cccc(OC)c1-n1c(NS(=O)(=O)C(C)C(OC)c2ncc(Cl)cn2)nnc1[C@H]1CC12CC2. The molecule has 5 rings (SSSR count). The summed E-state index contributed by atoms with van der Waals surface area (Å²) < 4.78 is 48.1. The lowest BCUT2D eigenvalue weighted by molar-refractivity contribution is 0.0950. The van der Waals surface area contributed by atoms with Crippen LogP contribution in [0.5, 0.6) is 11.5 Å². The Balaban J connectivity index is 1.55. The molecule has 1 aromatic carbocycles. The summed E-state index contributed by atoms with van der Waals surface area (Å²) in [4.78, 5) is 8.27. The van der Waals surface area contributed by atoms with Gasteiger partial charge in [0.15, 0.2) is 5.82 Å². The summed E-state index contributed by atoms with van der Waals surface area (Å²) in [6.07, 6.45) is 5.08. The molecule has 13 heteroatoms. The summed E-state index contributed by atoms with van der Waals surface area (Å²) in [5.74, 6) is 2.09. The summed E-state index contributed by atoms with van der Waals surface area (Å²) in [7, 11) is 0.439. The summed E-state index contributed by atoms with van der Waals surface area (Å²) in [6.45, 7) is 1.51. The predicted octanol–water partition coefficient (Wildman–Crippen LogP) is 3.51. The third-order valence-corrected chi connectivity index (χ3v) is 8.89. The van der Waals surface area contributed by atoms with Gasteiger partial charge in [-0.1, -0.05) is 17.7 Å². The van der Waals surface area contributed by atoms with E-state index in [1.165, 1.54) is 26.4 Å². The third-order valence-electron chi connectivity index (χ3n) is 7.01. The Morgan fingerprint density at radius 2 is 1.75 bits per heavy atom. The molecule has 2 unspecified atom stereocenters. The Kier molecular flexibility index (Phi) is 6.29. The molecule has 1 spiro atoms. The van der Waals surface area contributed by atoms with Crippen molar-refractivity contribution in [2.45, 2.75) is 43.5 Å². The molecule has 2 aliphatic rings. The number of sulfonamides is 1. The maximum Gasteiger partial charge on any atom is 0.243 e. The van der Waals surface area contributed by atoms with E-state index < -0.39 is 21.4 Å². The van der Waals surface area contributed by atoms with Crippen molar-refractivity contribution in [1.82, 2.24) is 24.7 Å². The molecule has 2 saturated carbocycles. The Morgan fingerprint density at radius 3 is 2.28 bits per heavy atom. The number of methoxy groups -OCH3 is 3. The molecular weight excluding hydrogens is 508 g/mol. The molecule has 192 valence electrons. The minimum Gasteiger partial charge on any atom is -0.494 e. The van der Waals surface area contributed by atoms with E-state index in [1.807, 2.05) is 0 Å². The fourth-order valence-corrected chi connectivity index (χ4v) is 5.87. The zero-order chi connectivity index (χ0) is 25.7. The Labute approximate surface area is 214 Å². The van der Waals surface area contributed by atoms with Crippen LogP contribution in [0, 0.1) is 5.41 Å². The largest absolute Gasteiger partial charge is 0.494 e. The third kappa shape index (κ3) is 4.27. The van der Waals surface area contributed by atoms with Crippen LogP contribution in [0.3, 0.4) is 0 Å². The van der Waals surface area contributed by atoms with E-state index in [-0.39, 0.29) is 23.1 Å². The number of benzene rings is 1. The molecule has 2 fully saturated rings. The van der Waals surface area contributed by atoms with Crippen LogP contribution in [0.4, 0.5) is 5.95 Å². The molecule has 36 heavy (non-hydrogen) atoms. The number of rotatable bonds is 10. The molecule has 3 aromatic rings. The summed E-state index contributed by atoms with van der Waals surface area (Å²) in [6, 6.07) is 5.36. The summed E-state index contributed by atoms with van der Waals surface area (Å²) in [5, 5.41) is 7.94. The lowest BCUT2D eigenvalue weighted by atomic mass is 10.2. The van der Waals surface area contributed by atoms with Crippen LogP contribution >= 0.6 is 11.6 Å². The highest BCUT2D eigenvalue weighted by molar-refractivity contribution is 7.93. The van der Waals surface area contributed by atoms with E-state index in [2.05, 4.69) is 24.9 Å². The minimum atomic E-state index is -4.05. The first-order valence-corrected chi connectivity index (χ1v) is 13.4. The van der Waals surface area contributed by atoms with E-state index in [1.54, 1.807) is 37.0 Å². The zero-order valence-electron chi connectivity index (χ0n) is 20.3. The van der Waals surface area contributed by atoms with Crippen LogP contribution in [-0.4, -0.2) is 59.7 Å². The molecule has 2 aromatic heterocycles. The number of nitrogens with one attached hydrogen (secondary N) is 1. The number of hydrogen-bond acceptors (Lipinski definition) is 9. The van der Waals surface area contributed by atoms with Gasteiger partial charge >= 0.3 is 0 Å². The number of nitrogens with zero attached hydrogens (tertiary/aromatic N) is 5. The molecule has 2 aliphatic carbocycles. The maximum absolute atomic E-state index is 13.6. The minimum absolute atomic E-state index is 0.0363. The number of halogens is 1. The number of hydrogen-bond donors (Lipinski definition) is 1. The van der Waals surface area contributed by atoms with Gasteiger partial charge in [0.25, 0.3) is 0 Å². The summed E-state index contributed by atoms with van der Waals surface area (Å²) >= 11 is 5.88. The number of para-hydroxylation sites is 1. The molecule has 2 heterocycles. The van der Waals surface area contributed by atoms with Crippen LogP contribution in [0.2, 0.25) is 5.02 Å². The van der Waals surface area contributed by atoms with Crippen molar-refractivity contribution >= 4 is 27.6 Å². The van der Waals surface area contributed by atoms with Crippen molar-refractivity contribution in [3.8, 4) is 17.2 Å². The first kappa shape index (κ1) is 24.7. The number of anilines is 1. The van der Waals surface area contributed by atoms with E-state index in [0.717, 1.165) is 19.3 Å². The second-order valence-electron chi connectivity index (χ2n) is 9.12. The smallest absolute Gasteiger partial charge is 0.243 e. The highest BCUT2D eigenvalue weighted by atomic mass is 35.5. The molecule has 11 nitrogen and oxygen atoms in total. The molecule has 1 N–H and O–H groups in total. The standard InChI is InChI=1S/C23H27ClN6O5S/c1-13(19(35-4)20-25-11-14(24)12-26-20)36(31,32)29-22-28-27-21(15-10-23(15)8-9-23)30(22)18-16(33-2)6-5-7-17(18)34-3/h5-7,11-13,15,19H,8-10H2,1-4H3,(H,28,29)/t13?,15-,19?/m1/s1. The van der Waals surface area contributed by atoms with Gasteiger partial charge in [-0.3, -0.25) is 9.29 Å². The van der Waals surface area contributed by atoms with Gasteiger partial charge in [0, 0.05) is 25.4 Å². The first-order valence-electron chi connectivity index (χ1n) is 11.4. The highest BCUT2D eigenvalue weighted by Crippen LogP contribution is 2.75. The van der Waals surface area contributed by atoms with Gasteiger partial charge in [0.05, 0.1) is 19.2 Å². The van der Waals surface area contributed by atoms with E-state index in [4.69, 9.17) is 25.8 Å². The average Bonchev–Trinajstić information content (AvgIpc) is 3.77. The van der Waals surface area contributed by atoms with Crippen LogP contribution < -0.4 is 14.2 Å². The Bertz CT molecular complexity index is 1350. The molecule has 0 amide bonds. The maximum atomic E-state index is 13.6. The van der Waals surface area contributed by atoms with Crippen molar-refractivity contribution in [1.29, 1.82) is 0 Å². The van der Waals surface area contributed by atoms with Crippen LogP contribution in [-0.2, 0) is 14.8 Å². The topological polar surface area (TPSA) is 130 Å². The monoisotopic (exact) mass is 534 g/mol. The molecule has 3 atom stereocenters. The second kappa shape index (κ2) is 9.16. The zero-order valence-corrected chi connectivity index (χ0v) is 21.9. The molecule has 0 saturated heterocycles. The quantitative estimate of drug-likeness (QED) is 0.415. The van der Waals surface area contributed by atoms with Gasteiger partial charge in [-0.15, -0.1) is 10.2 Å². The highest BCUT2D eigenvalue weighted by Gasteiger charge is 2.65. The van der Waals surface area contributed by atoms with Crippen molar-refractivity contribution in [2.24, 2.45) is 5.41 Å². The lowest BCUT2D eigenvalue weighted by Gasteiger charge is -2.23. The normalized spacial score (nSPS) is 19.5. The van der Waals surface area contributed by atoms with Crippen molar-refractivity contribution in [3.63, 3.8) is 0 Å². The fourth-order valence-electron chi connectivity index (χ4n) is 4.65. The fraction of sp³-hybridized carbons (Fsp3) is 0.478. The van der Waals surface area contributed by atoms with Gasteiger partial charge in [0.2, 0.25) is 16.0 Å². The molecule has 0 radical (unpaired) electrons. The van der Waals surface area contributed by atoms with Gasteiger partial charge in [-0.25, -0.2) is 18.4 Å². The van der Waals surface area contributed by atoms with Crippen LogP contribution in [0.25, 0.3) is 5.69 Å². The number of ether oxygens (including phenoxy) is 3. The number of aromatic nitrogens is 5. The van der Waals surface area contributed by atoms with Gasteiger partial charge < -0.3 is 14.2 Å². The molecular formula is C23H27ClN6O5S. The predicted molar refractivity (Wildman–Crippen MR) is 132 cm³/mol. The Morgan fingerprint density at radius 1 is 1.11 bits per heavy atom. The second-order valence-corrected chi connectivity index (χ2v) is 11.6. The van der Waals surface area contributed by atoms with Crippen molar-refractivity contribution in [3.05, 3.63) is 47.3 Å². The van der Waals surface area contributed by atoms with Gasteiger partial charge in [0.1, 0.15) is 34.4 Å². The average molecular weight is 535 g/mol. The first-order chi connectivity index (χ1) is 17.2. The van der Waals surface area contributed by atoms with E-state index in [9.17, 15) is 8.42 Å². The molecule has 0 bridgehead atoms. The van der Waals surface area contributed by atoms with Gasteiger partial charge in [-0.2, -0.15) is 0 Å². The molecule has 0 aliphatic heterocycles. The van der Waals surface area contributed by atoms with E-state index in [0.29, 0.717) is 28.0 Å². The lowest BCUT2D eigenvalue weighted by Crippen LogP contribution is -2.33. The van der Waals surface area contributed by atoms with Crippen molar-refractivity contribution < 1.29 is 22.6 Å². The van der Waals surface area contributed by atoms with Gasteiger partial charge in [-0.05, 0) is 43.7 Å².